The summed E-state index contributed by atoms with van der Waals surface area (Å²) in [6.45, 7) is 4.55. The Morgan fingerprint density at radius 3 is 2.07 bits per heavy atom. The number of carbonyl (C=O) groups is 1. The summed E-state index contributed by atoms with van der Waals surface area (Å²) in [6, 6.07) is 0. The second kappa shape index (κ2) is 7.76. The van der Waals surface area contributed by atoms with Crippen molar-refractivity contribution < 1.29 is 19.1 Å². The molecule has 1 N–H and O–H groups in total. The van der Waals surface area contributed by atoms with Crippen molar-refractivity contribution in [2.45, 2.75) is 26.4 Å². The molecule has 4 heteroatoms. The Morgan fingerprint density at radius 2 is 1.79 bits per heavy atom. The van der Waals surface area contributed by atoms with Crippen LogP contribution >= 0.6 is 0 Å². The van der Waals surface area contributed by atoms with Crippen LogP contribution in [0.5, 0.6) is 0 Å². The van der Waals surface area contributed by atoms with Crippen LogP contribution in [0, 0.1) is 0 Å². The summed E-state index contributed by atoms with van der Waals surface area (Å²) >= 11 is 0. The van der Waals surface area contributed by atoms with Crippen LogP contribution in [-0.4, -0.2) is 56.5 Å². The van der Waals surface area contributed by atoms with Gasteiger partial charge in [-0.25, -0.2) is 0 Å². The first-order valence-electron chi connectivity index (χ1n) is 4.90. The second-order valence-electron chi connectivity index (χ2n) is 3.91. The SMILES string of the molecule is CC.COC(=O)CC(O)C[N+](C)(C)C. The van der Waals surface area contributed by atoms with Gasteiger partial charge in [0.25, 0.3) is 0 Å². The molecule has 4 nitrogen and oxygen atoms in total. The second-order valence-corrected chi connectivity index (χ2v) is 3.91. The van der Waals surface area contributed by atoms with Crippen molar-refractivity contribution in [3.8, 4) is 0 Å². The highest BCUT2D eigenvalue weighted by atomic mass is 16.5. The normalized spacial score (nSPS) is 12.5. The molecule has 0 aromatic carbocycles. The molecule has 1 atom stereocenters. The van der Waals surface area contributed by atoms with E-state index in [1.54, 1.807) is 0 Å². The van der Waals surface area contributed by atoms with E-state index in [2.05, 4.69) is 4.74 Å². The number of aliphatic hydroxyl groups excluding tert-OH is 1. The summed E-state index contributed by atoms with van der Waals surface area (Å²) in [5.74, 6) is -0.365. The first kappa shape index (κ1) is 15.8. The molecule has 0 bridgehead atoms. The smallest absolute Gasteiger partial charge is 0.308 e. The van der Waals surface area contributed by atoms with E-state index in [-0.39, 0.29) is 12.4 Å². The fourth-order valence-corrected chi connectivity index (χ4v) is 0.973. The van der Waals surface area contributed by atoms with Gasteiger partial charge in [0.05, 0.1) is 34.7 Å². The fourth-order valence-electron chi connectivity index (χ4n) is 0.973. The molecular weight excluding hydrogens is 182 g/mol. The molecule has 0 aliphatic heterocycles. The molecule has 0 aliphatic rings. The molecule has 14 heavy (non-hydrogen) atoms. The summed E-state index contributed by atoms with van der Waals surface area (Å²) in [4.78, 5) is 10.7. The predicted molar refractivity (Wildman–Crippen MR) is 56.9 cm³/mol. The van der Waals surface area contributed by atoms with E-state index in [1.165, 1.54) is 7.11 Å². The highest BCUT2D eigenvalue weighted by Crippen LogP contribution is 1.99. The van der Waals surface area contributed by atoms with Gasteiger partial charge < -0.3 is 14.3 Å². The summed E-state index contributed by atoms with van der Waals surface area (Å²) < 4.78 is 5.07. The van der Waals surface area contributed by atoms with Crippen molar-refractivity contribution in [3.63, 3.8) is 0 Å². The molecule has 1 unspecified atom stereocenters. The maximum Gasteiger partial charge on any atom is 0.308 e. The molecular formula is C10H24NO3+. The molecule has 0 fully saturated rings. The van der Waals surface area contributed by atoms with Crippen LogP contribution in [-0.2, 0) is 9.53 Å². The van der Waals surface area contributed by atoms with Gasteiger partial charge in [0.2, 0.25) is 0 Å². The van der Waals surface area contributed by atoms with Crippen molar-refractivity contribution in [2.24, 2.45) is 0 Å². The third-order valence-electron chi connectivity index (χ3n) is 1.39. The molecule has 0 spiro atoms. The lowest BCUT2D eigenvalue weighted by molar-refractivity contribution is -0.873. The van der Waals surface area contributed by atoms with Gasteiger partial charge in [-0.1, -0.05) is 13.8 Å². The minimum absolute atomic E-state index is 0.0754. The Labute approximate surface area is 87.1 Å². The first-order chi connectivity index (χ1) is 6.35. The van der Waals surface area contributed by atoms with Crippen LogP contribution in [0.3, 0.4) is 0 Å². The van der Waals surface area contributed by atoms with E-state index >= 15 is 0 Å². The number of rotatable bonds is 4. The fraction of sp³-hybridized carbons (Fsp3) is 0.900. The summed E-state index contributed by atoms with van der Waals surface area (Å²) in [6.07, 6.45) is -0.538. The van der Waals surface area contributed by atoms with Gasteiger partial charge in [-0.15, -0.1) is 0 Å². The Hall–Kier alpha value is -0.610. The zero-order valence-electron chi connectivity index (χ0n) is 10.2. The van der Waals surface area contributed by atoms with Crippen LogP contribution in [0.2, 0.25) is 0 Å². The Kier molecular flexibility index (Phi) is 8.79. The highest BCUT2D eigenvalue weighted by molar-refractivity contribution is 5.69. The molecule has 0 saturated heterocycles. The zero-order valence-corrected chi connectivity index (χ0v) is 10.2. The minimum atomic E-state index is -0.613. The lowest BCUT2D eigenvalue weighted by atomic mass is 10.2. The molecule has 0 saturated carbocycles. The maximum absolute atomic E-state index is 10.7. The first-order valence-corrected chi connectivity index (χ1v) is 4.90. The number of nitrogens with zero attached hydrogens (tertiary/aromatic N) is 1. The Balaban J connectivity index is 0. The Bertz CT molecular complexity index is 152. The van der Waals surface area contributed by atoms with Gasteiger partial charge in [-0.2, -0.15) is 0 Å². The highest BCUT2D eigenvalue weighted by Gasteiger charge is 2.18. The molecule has 0 aliphatic carbocycles. The van der Waals surface area contributed by atoms with E-state index in [4.69, 9.17) is 0 Å². The number of carbonyl (C=O) groups excluding carboxylic acids is 1. The summed E-state index contributed by atoms with van der Waals surface area (Å²) in [5, 5.41) is 9.37. The van der Waals surface area contributed by atoms with Crippen LogP contribution in [0.15, 0.2) is 0 Å². The van der Waals surface area contributed by atoms with Crippen molar-refractivity contribution in [1.29, 1.82) is 0 Å². The monoisotopic (exact) mass is 206 g/mol. The van der Waals surface area contributed by atoms with E-state index < -0.39 is 6.10 Å². The van der Waals surface area contributed by atoms with Gasteiger partial charge in [-0.3, -0.25) is 4.79 Å². The molecule has 0 aromatic heterocycles. The summed E-state index contributed by atoms with van der Waals surface area (Å²) in [5.41, 5.74) is 0. The molecule has 0 radical (unpaired) electrons. The van der Waals surface area contributed by atoms with E-state index in [9.17, 15) is 9.90 Å². The van der Waals surface area contributed by atoms with Crippen molar-refractivity contribution in [1.82, 2.24) is 0 Å². The number of hydrogen-bond donors (Lipinski definition) is 1. The lowest BCUT2D eigenvalue weighted by Crippen LogP contribution is -2.42. The third-order valence-corrected chi connectivity index (χ3v) is 1.39. The summed E-state index contributed by atoms with van der Waals surface area (Å²) in [7, 11) is 7.20. The van der Waals surface area contributed by atoms with E-state index in [0.29, 0.717) is 11.0 Å². The minimum Gasteiger partial charge on any atom is -0.469 e. The van der Waals surface area contributed by atoms with Gasteiger partial charge in [0.15, 0.2) is 0 Å². The van der Waals surface area contributed by atoms with Crippen LogP contribution in [0.25, 0.3) is 0 Å². The number of esters is 1. The third kappa shape index (κ3) is 11.4. The zero-order chi connectivity index (χ0) is 11.8. The van der Waals surface area contributed by atoms with Gasteiger partial charge in [-0.05, 0) is 0 Å². The maximum atomic E-state index is 10.7. The van der Waals surface area contributed by atoms with Gasteiger partial charge >= 0.3 is 5.97 Å². The average Bonchev–Trinajstić information content (AvgIpc) is 2.04. The van der Waals surface area contributed by atoms with Crippen LogP contribution in [0.1, 0.15) is 20.3 Å². The Morgan fingerprint density at radius 1 is 1.36 bits per heavy atom. The van der Waals surface area contributed by atoms with Crippen molar-refractivity contribution in [3.05, 3.63) is 0 Å². The number of aliphatic hydroxyl groups is 1. The lowest BCUT2D eigenvalue weighted by Gasteiger charge is -2.26. The number of quaternary nitrogens is 1. The van der Waals surface area contributed by atoms with Crippen LogP contribution < -0.4 is 0 Å². The number of likely N-dealkylation sites (N-methyl/N-ethyl adjacent to an activating group) is 1. The molecule has 0 aromatic rings. The average molecular weight is 206 g/mol. The number of ether oxygens (including phenoxy) is 1. The molecule has 0 heterocycles. The topological polar surface area (TPSA) is 46.5 Å². The van der Waals surface area contributed by atoms with Crippen molar-refractivity contribution >= 4 is 5.97 Å². The number of hydrogen-bond acceptors (Lipinski definition) is 3. The van der Waals surface area contributed by atoms with Crippen LogP contribution in [0.4, 0.5) is 0 Å². The molecule has 0 rings (SSSR count). The van der Waals surface area contributed by atoms with Gasteiger partial charge in [0, 0.05) is 0 Å². The number of methoxy groups -OCH3 is 1. The standard InChI is InChI=1S/C8H18NO3.C2H6/c1-9(2,3)6-7(10)5-8(11)12-4;1-2/h7,10H,5-6H2,1-4H3;1-2H3/q+1;. The predicted octanol–water partition coefficient (Wildman–Crippen LogP) is 0.643. The van der Waals surface area contributed by atoms with Gasteiger partial charge in [0.1, 0.15) is 12.6 Å². The van der Waals surface area contributed by atoms with E-state index in [1.807, 2.05) is 35.0 Å². The largest absolute Gasteiger partial charge is 0.469 e. The van der Waals surface area contributed by atoms with E-state index in [0.717, 1.165) is 0 Å². The van der Waals surface area contributed by atoms with Crippen molar-refractivity contribution in [2.75, 3.05) is 34.8 Å². The molecule has 0 amide bonds. The molecule has 86 valence electrons. The quantitative estimate of drug-likeness (QED) is 0.542.